The smallest absolute Gasteiger partial charge is 0.329 e. The molecule has 0 unspecified atom stereocenters. The number of ketones is 3. The fraction of sp³-hybridized carbons (Fsp3) is 0.755. The molecule has 4 rings (SSSR count). The summed E-state index contributed by atoms with van der Waals surface area (Å²) < 4.78 is 35.6. The van der Waals surface area contributed by atoms with Gasteiger partial charge >= 0.3 is 5.97 Å². The number of cyclic esters (lactones) is 1. The molecule has 384 valence electrons. The van der Waals surface area contributed by atoms with E-state index in [0.717, 1.165) is 12.0 Å². The number of allylic oxidation sites excluding steroid dienone is 6. The number of piperidine rings is 1. The van der Waals surface area contributed by atoms with Crippen LogP contribution in [0.25, 0.3) is 0 Å². The highest BCUT2D eigenvalue weighted by atomic mass is 16.6. The van der Waals surface area contributed by atoms with Crippen molar-refractivity contribution >= 4 is 29.2 Å². The van der Waals surface area contributed by atoms with Gasteiger partial charge in [-0.05, 0) is 107 Å². The van der Waals surface area contributed by atoms with Crippen molar-refractivity contribution in [2.24, 2.45) is 35.5 Å². The van der Waals surface area contributed by atoms with Crippen molar-refractivity contribution < 1.29 is 67.7 Å². The Kier molecular flexibility index (Phi) is 22.9. The minimum Gasteiger partial charge on any atom is -0.460 e. The molecule has 3 fully saturated rings. The molecule has 4 aliphatic rings. The number of aliphatic hydroxyl groups is 3. The van der Waals surface area contributed by atoms with Gasteiger partial charge in [-0.25, -0.2) is 4.79 Å². The Hall–Kier alpha value is -3.41. The highest BCUT2D eigenvalue weighted by Gasteiger charge is 2.53. The molecule has 15 atom stereocenters. The maximum atomic E-state index is 14.5. The summed E-state index contributed by atoms with van der Waals surface area (Å²) in [6.07, 6.45) is 12.0. The maximum Gasteiger partial charge on any atom is 0.329 e. The van der Waals surface area contributed by atoms with Crippen LogP contribution >= 0.6 is 0 Å². The van der Waals surface area contributed by atoms with Crippen LogP contribution in [0.15, 0.2) is 47.6 Å². The first kappa shape index (κ1) is 57.2. The number of aliphatic hydroxyl groups excluding tert-OH is 2. The zero-order valence-corrected chi connectivity index (χ0v) is 42.4. The van der Waals surface area contributed by atoms with Crippen LogP contribution in [0.1, 0.15) is 126 Å². The van der Waals surface area contributed by atoms with Crippen molar-refractivity contribution in [3.8, 4) is 0 Å². The van der Waals surface area contributed by atoms with E-state index in [0.29, 0.717) is 63.4 Å². The third kappa shape index (κ3) is 15.3. The number of rotatable bonds is 9. The van der Waals surface area contributed by atoms with Gasteiger partial charge in [0, 0.05) is 58.5 Å². The quantitative estimate of drug-likeness (QED) is 0.134. The number of carbonyl (C=O) groups is 5. The molecule has 3 heterocycles. The van der Waals surface area contributed by atoms with E-state index in [4.69, 9.17) is 28.4 Å². The number of hydrogen-bond donors (Lipinski definition) is 3. The lowest BCUT2D eigenvalue weighted by atomic mass is 9.78. The number of methoxy groups -OCH3 is 3. The molecule has 3 N–H and O–H groups in total. The van der Waals surface area contributed by atoms with E-state index >= 15 is 0 Å². The molecular weight excluding hydrogens is 875 g/mol. The van der Waals surface area contributed by atoms with Gasteiger partial charge in [-0.15, -0.1) is 0 Å². The Morgan fingerprint density at radius 3 is 2.26 bits per heavy atom. The number of amides is 1. The van der Waals surface area contributed by atoms with Gasteiger partial charge in [0.1, 0.15) is 30.1 Å². The topological polar surface area (TPSA) is 205 Å². The van der Waals surface area contributed by atoms with E-state index in [1.807, 2.05) is 58.1 Å². The Morgan fingerprint density at radius 2 is 1.59 bits per heavy atom. The molecule has 2 saturated heterocycles. The molecule has 0 aromatic rings. The van der Waals surface area contributed by atoms with Gasteiger partial charge in [-0.2, -0.15) is 0 Å². The summed E-state index contributed by atoms with van der Waals surface area (Å²) in [6.45, 7) is 12.9. The number of carbonyl (C=O) groups excluding carboxylic acids is 5. The lowest BCUT2D eigenvalue weighted by molar-refractivity contribution is -0.265. The molecule has 1 amide bonds. The van der Waals surface area contributed by atoms with E-state index in [1.165, 1.54) is 12.0 Å². The van der Waals surface area contributed by atoms with E-state index < -0.39 is 77.8 Å². The number of Topliss-reactive ketones (excluding diaryl/α,β-unsaturated/α-hetero) is 3. The van der Waals surface area contributed by atoms with Crippen LogP contribution in [-0.4, -0.2) is 145 Å². The lowest BCUT2D eigenvalue weighted by Gasteiger charge is -2.42. The molecule has 1 saturated carbocycles. The van der Waals surface area contributed by atoms with Gasteiger partial charge in [0.25, 0.3) is 11.7 Å². The van der Waals surface area contributed by atoms with Gasteiger partial charge in [0.05, 0.1) is 37.6 Å². The van der Waals surface area contributed by atoms with Crippen LogP contribution in [0.5, 0.6) is 0 Å². The molecule has 0 radical (unpaired) electrons. The molecule has 0 aromatic heterocycles. The first-order valence-electron chi connectivity index (χ1n) is 25.0. The molecule has 3 aliphatic heterocycles. The Morgan fingerprint density at radius 1 is 0.853 bits per heavy atom. The van der Waals surface area contributed by atoms with Crippen molar-refractivity contribution in [3.05, 3.63) is 47.6 Å². The summed E-state index contributed by atoms with van der Waals surface area (Å²) in [5.41, 5.74) is 1.26. The maximum absolute atomic E-state index is 14.5. The Labute approximate surface area is 405 Å². The van der Waals surface area contributed by atoms with Crippen LogP contribution in [0, 0.1) is 35.5 Å². The predicted molar refractivity (Wildman–Crippen MR) is 256 cm³/mol. The largest absolute Gasteiger partial charge is 0.460 e. The molecule has 0 spiro atoms. The summed E-state index contributed by atoms with van der Waals surface area (Å²) >= 11 is 0. The molecule has 68 heavy (non-hydrogen) atoms. The Balaban J connectivity index is 1.70. The van der Waals surface area contributed by atoms with Gasteiger partial charge in [0.2, 0.25) is 5.79 Å². The van der Waals surface area contributed by atoms with E-state index in [9.17, 15) is 39.3 Å². The SMILES string of the molecule is CO[C@@H]1C[C@@H]2CC[C@@H](C)[C@@](O)(O2)C(=O)C(=O)N2CCCC[C@H]2C(=O)O[C@H]([C@H](C)C[C@@H]2CC[C@@H](OCCO)[C@H](OC)C2)CC(=O)[C@H](C)/C=C(/C)[C@@H](O)[C@@H](OC)C(=O)[C@H](C)C[C@H](C)/C=C\C=CC=C1C. The second-order valence-corrected chi connectivity index (χ2v) is 20.2. The average molecular weight is 958 g/mol. The predicted octanol–water partition coefficient (Wildman–Crippen LogP) is 6.20. The fourth-order valence-corrected chi connectivity index (χ4v) is 10.5. The van der Waals surface area contributed by atoms with Crippen molar-refractivity contribution in [1.82, 2.24) is 4.90 Å². The number of fused-ring (bicyclic) bond motifs is 3. The van der Waals surface area contributed by atoms with Crippen LogP contribution in [0.2, 0.25) is 0 Å². The summed E-state index contributed by atoms with van der Waals surface area (Å²) in [4.78, 5) is 72.1. The van der Waals surface area contributed by atoms with Crippen LogP contribution < -0.4 is 0 Å². The third-order valence-corrected chi connectivity index (χ3v) is 14.9. The van der Waals surface area contributed by atoms with E-state index in [2.05, 4.69) is 0 Å². The van der Waals surface area contributed by atoms with Crippen LogP contribution in [0.4, 0.5) is 0 Å². The van der Waals surface area contributed by atoms with Crippen molar-refractivity contribution in [1.29, 1.82) is 0 Å². The van der Waals surface area contributed by atoms with E-state index in [-0.39, 0.29) is 74.1 Å². The summed E-state index contributed by atoms with van der Waals surface area (Å²) in [5.74, 6) is -7.96. The molecule has 2 bridgehead atoms. The van der Waals surface area contributed by atoms with E-state index in [1.54, 1.807) is 41.1 Å². The Bertz CT molecular complexity index is 1810. The summed E-state index contributed by atoms with van der Waals surface area (Å²) in [7, 11) is 4.58. The van der Waals surface area contributed by atoms with Crippen molar-refractivity contribution in [3.63, 3.8) is 0 Å². The summed E-state index contributed by atoms with van der Waals surface area (Å²) in [6, 6.07) is -1.14. The standard InChI is InChI=1S/C53H83NO14/c1-32-16-12-11-13-17-33(2)44(63-8)30-40-21-19-38(7)53(62,68-40)50(59)51(60)54-23-15-14-18-41(54)52(61)67-45(35(4)28-39-20-22-43(66-25-24-55)46(29-39)64-9)31-42(56)34(3)27-37(6)48(58)49(65-10)47(57)36(5)26-32/h11-13,16-17,27,32,34-36,38-41,43-46,48-49,55,58,62H,14-15,18-26,28-31H2,1-10H3/b13-11?,16-12-,33-17?,37-27-/t32-,34-,35-,36-,38-,39+,40+,41+,43-,44-,45+,46-,48-,49+,53-/m1/s1. The number of esters is 1. The fourth-order valence-electron chi connectivity index (χ4n) is 10.5. The van der Waals surface area contributed by atoms with Crippen molar-refractivity contribution in [2.45, 2.75) is 180 Å². The van der Waals surface area contributed by atoms with Crippen LogP contribution in [0.3, 0.4) is 0 Å². The average Bonchev–Trinajstić information content (AvgIpc) is 3.32. The normalized spacial score (nSPS) is 37.9. The number of ether oxygens (including phenoxy) is 6. The lowest BCUT2D eigenvalue weighted by Crippen LogP contribution is -2.61. The molecule has 15 heteroatoms. The first-order chi connectivity index (χ1) is 32.3. The number of hydrogen-bond acceptors (Lipinski definition) is 14. The minimum atomic E-state index is -2.43. The second kappa shape index (κ2) is 27.3. The third-order valence-electron chi connectivity index (χ3n) is 14.9. The van der Waals surface area contributed by atoms with Gasteiger partial charge < -0.3 is 48.6 Å². The minimum absolute atomic E-state index is 0.0158. The van der Waals surface area contributed by atoms with Gasteiger partial charge in [-0.1, -0.05) is 71.1 Å². The highest BCUT2D eigenvalue weighted by Crippen LogP contribution is 2.38. The first-order valence-corrected chi connectivity index (χ1v) is 25.0. The molecule has 0 aromatic carbocycles. The summed E-state index contributed by atoms with van der Waals surface area (Å²) in [5, 5.41) is 32.8. The van der Waals surface area contributed by atoms with Crippen LogP contribution in [-0.2, 0) is 52.4 Å². The zero-order chi connectivity index (χ0) is 50.3. The van der Waals surface area contributed by atoms with Gasteiger partial charge in [-0.3, -0.25) is 19.2 Å². The molecule has 15 nitrogen and oxygen atoms in total. The molecule has 1 aliphatic carbocycles. The second-order valence-electron chi connectivity index (χ2n) is 20.2. The van der Waals surface area contributed by atoms with Gasteiger partial charge in [0.15, 0.2) is 5.78 Å². The zero-order valence-electron chi connectivity index (χ0n) is 42.4. The monoisotopic (exact) mass is 958 g/mol. The highest BCUT2D eigenvalue weighted by molar-refractivity contribution is 6.39. The number of nitrogens with zero attached hydrogens (tertiary/aromatic N) is 1. The molecular formula is C53H83NO14. The van der Waals surface area contributed by atoms with Crippen molar-refractivity contribution in [2.75, 3.05) is 41.1 Å².